The molecule has 84 valence electrons. The summed E-state index contributed by atoms with van der Waals surface area (Å²) in [7, 11) is 0. The summed E-state index contributed by atoms with van der Waals surface area (Å²) in [4.78, 5) is 16.3. The first-order valence-electron chi connectivity index (χ1n) is 5.34. The van der Waals surface area contributed by atoms with Crippen molar-refractivity contribution in [2.45, 2.75) is 11.4 Å². The first-order valence-corrected chi connectivity index (χ1v) is 6.12. The molecule has 0 saturated heterocycles. The molecule has 0 spiro atoms. The summed E-state index contributed by atoms with van der Waals surface area (Å²) in [6.45, 7) is 0. The van der Waals surface area contributed by atoms with Crippen molar-refractivity contribution in [1.29, 1.82) is 0 Å². The van der Waals surface area contributed by atoms with Gasteiger partial charge in [0.05, 0.1) is 12.1 Å². The Morgan fingerprint density at radius 3 is 2.76 bits per heavy atom. The number of amides is 1. The number of benzene rings is 1. The molecular formula is C13H10N2OS. The van der Waals surface area contributed by atoms with Crippen molar-refractivity contribution >= 4 is 23.5 Å². The standard InChI is InChI=1S/C13H10N2OS/c16-12-9-10-5-4-8-14-13(10)17-15(12)11-6-2-1-3-7-11/h1-8H,9H2. The maximum absolute atomic E-state index is 12.0. The van der Waals surface area contributed by atoms with Crippen LogP contribution in [0.15, 0.2) is 53.7 Å². The first-order chi connectivity index (χ1) is 8.34. The summed E-state index contributed by atoms with van der Waals surface area (Å²) < 4.78 is 1.70. The van der Waals surface area contributed by atoms with E-state index in [1.165, 1.54) is 11.9 Å². The molecule has 0 N–H and O–H groups in total. The monoisotopic (exact) mass is 242 g/mol. The first kappa shape index (κ1) is 10.4. The Labute approximate surface area is 104 Å². The quantitative estimate of drug-likeness (QED) is 0.721. The van der Waals surface area contributed by atoms with Gasteiger partial charge in [-0.3, -0.25) is 4.79 Å². The number of para-hydroxylation sites is 1. The molecule has 2 aromatic rings. The van der Waals surface area contributed by atoms with Crippen molar-refractivity contribution in [1.82, 2.24) is 4.98 Å². The molecule has 2 heterocycles. The van der Waals surface area contributed by atoms with Crippen LogP contribution >= 0.6 is 11.9 Å². The van der Waals surface area contributed by atoms with E-state index in [9.17, 15) is 4.79 Å². The SMILES string of the molecule is O=C1Cc2cccnc2SN1c1ccccc1. The fraction of sp³-hybridized carbons (Fsp3) is 0.0769. The van der Waals surface area contributed by atoms with E-state index in [1.54, 1.807) is 10.5 Å². The van der Waals surface area contributed by atoms with E-state index in [4.69, 9.17) is 0 Å². The van der Waals surface area contributed by atoms with Crippen molar-refractivity contribution in [3.05, 3.63) is 54.2 Å². The Bertz CT molecular complexity index is 556. The van der Waals surface area contributed by atoms with E-state index >= 15 is 0 Å². The Morgan fingerprint density at radius 2 is 1.94 bits per heavy atom. The predicted molar refractivity (Wildman–Crippen MR) is 67.7 cm³/mol. The van der Waals surface area contributed by atoms with E-state index in [-0.39, 0.29) is 5.91 Å². The molecule has 4 heteroatoms. The highest BCUT2D eigenvalue weighted by Gasteiger charge is 2.25. The zero-order valence-electron chi connectivity index (χ0n) is 9.04. The van der Waals surface area contributed by atoms with Crippen LogP contribution in [0.4, 0.5) is 5.69 Å². The van der Waals surface area contributed by atoms with Crippen LogP contribution in [0.3, 0.4) is 0 Å². The molecule has 1 aliphatic rings. The summed E-state index contributed by atoms with van der Waals surface area (Å²) in [5.41, 5.74) is 1.91. The van der Waals surface area contributed by atoms with Gasteiger partial charge in [-0.05, 0) is 23.8 Å². The van der Waals surface area contributed by atoms with Crippen molar-refractivity contribution in [3.8, 4) is 0 Å². The van der Waals surface area contributed by atoms with E-state index in [0.29, 0.717) is 6.42 Å². The van der Waals surface area contributed by atoms with Gasteiger partial charge in [0.15, 0.2) is 0 Å². The molecule has 0 radical (unpaired) electrons. The average molecular weight is 242 g/mol. The highest BCUT2D eigenvalue weighted by molar-refractivity contribution is 8.01. The Morgan fingerprint density at radius 1 is 1.12 bits per heavy atom. The van der Waals surface area contributed by atoms with Crippen LogP contribution in [-0.4, -0.2) is 10.9 Å². The van der Waals surface area contributed by atoms with Gasteiger partial charge in [-0.1, -0.05) is 24.3 Å². The number of nitrogens with zero attached hydrogens (tertiary/aromatic N) is 2. The van der Waals surface area contributed by atoms with Crippen molar-refractivity contribution in [2.24, 2.45) is 0 Å². The average Bonchev–Trinajstić information content (AvgIpc) is 2.39. The third kappa shape index (κ3) is 1.91. The summed E-state index contributed by atoms with van der Waals surface area (Å²) in [6.07, 6.45) is 2.18. The van der Waals surface area contributed by atoms with Crippen LogP contribution in [0.25, 0.3) is 0 Å². The topological polar surface area (TPSA) is 33.2 Å². The zero-order valence-corrected chi connectivity index (χ0v) is 9.85. The van der Waals surface area contributed by atoms with E-state index in [1.807, 2.05) is 42.5 Å². The number of hydrogen-bond acceptors (Lipinski definition) is 3. The van der Waals surface area contributed by atoms with Crippen LogP contribution in [0, 0.1) is 0 Å². The smallest absolute Gasteiger partial charge is 0.241 e. The van der Waals surface area contributed by atoms with Gasteiger partial charge in [-0.15, -0.1) is 0 Å². The van der Waals surface area contributed by atoms with Gasteiger partial charge < -0.3 is 0 Å². The van der Waals surface area contributed by atoms with E-state index in [2.05, 4.69) is 4.98 Å². The lowest BCUT2D eigenvalue weighted by Crippen LogP contribution is -2.29. The molecule has 17 heavy (non-hydrogen) atoms. The molecular weight excluding hydrogens is 232 g/mol. The molecule has 0 fully saturated rings. The lowest BCUT2D eigenvalue weighted by atomic mass is 10.2. The lowest BCUT2D eigenvalue weighted by Gasteiger charge is -2.26. The molecule has 1 aliphatic heterocycles. The van der Waals surface area contributed by atoms with Gasteiger partial charge in [0.2, 0.25) is 5.91 Å². The maximum atomic E-state index is 12.0. The third-order valence-electron chi connectivity index (χ3n) is 2.59. The Balaban J connectivity index is 1.98. The van der Waals surface area contributed by atoms with Crippen molar-refractivity contribution < 1.29 is 4.79 Å². The molecule has 3 rings (SSSR count). The summed E-state index contributed by atoms with van der Waals surface area (Å²) >= 11 is 1.39. The van der Waals surface area contributed by atoms with E-state index < -0.39 is 0 Å². The van der Waals surface area contributed by atoms with Gasteiger partial charge in [0.1, 0.15) is 5.03 Å². The minimum absolute atomic E-state index is 0.0988. The zero-order chi connectivity index (χ0) is 11.7. The van der Waals surface area contributed by atoms with Gasteiger partial charge in [-0.2, -0.15) is 0 Å². The number of carbonyl (C=O) groups excluding carboxylic acids is 1. The normalized spacial score (nSPS) is 14.6. The molecule has 0 bridgehead atoms. The fourth-order valence-electron chi connectivity index (χ4n) is 1.77. The minimum atomic E-state index is 0.0988. The number of aromatic nitrogens is 1. The largest absolute Gasteiger partial charge is 0.273 e. The van der Waals surface area contributed by atoms with Gasteiger partial charge >= 0.3 is 0 Å². The number of carbonyl (C=O) groups is 1. The molecule has 3 nitrogen and oxygen atoms in total. The molecule has 1 amide bonds. The lowest BCUT2D eigenvalue weighted by molar-refractivity contribution is -0.116. The second-order valence-corrected chi connectivity index (χ2v) is 4.69. The minimum Gasteiger partial charge on any atom is -0.273 e. The third-order valence-corrected chi connectivity index (χ3v) is 3.72. The number of hydrogen-bond donors (Lipinski definition) is 0. The molecule has 0 unspecified atom stereocenters. The summed E-state index contributed by atoms with van der Waals surface area (Å²) in [5, 5.41) is 0.913. The van der Waals surface area contributed by atoms with Crippen molar-refractivity contribution in [2.75, 3.05) is 4.31 Å². The van der Waals surface area contributed by atoms with Crippen LogP contribution in [0.5, 0.6) is 0 Å². The number of anilines is 1. The van der Waals surface area contributed by atoms with Gasteiger partial charge in [-0.25, -0.2) is 9.29 Å². The Hall–Kier alpha value is -1.81. The number of pyridine rings is 1. The van der Waals surface area contributed by atoms with E-state index in [0.717, 1.165) is 16.3 Å². The van der Waals surface area contributed by atoms with Gasteiger partial charge in [0.25, 0.3) is 0 Å². The molecule has 0 aliphatic carbocycles. The van der Waals surface area contributed by atoms with Crippen LogP contribution < -0.4 is 4.31 Å². The molecule has 1 aromatic heterocycles. The summed E-state index contributed by atoms with van der Waals surface area (Å²) in [6, 6.07) is 13.5. The highest BCUT2D eigenvalue weighted by Crippen LogP contribution is 2.34. The van der Waals surface area contributed by atoms with Crippen molar-refractivity contribution in [3.63, 3.8) is 0 Å². The van der Waals surface area contributed by atoms with Crippen LogP contribution in [-0.2, 0) is 11.2 Å². The van der Waals surface area contributed by atoms with Crippen LogP contribution in [0.1, 0.15) is 5.56 Å². The Kier molecular flexibility index (Phi) is 2.57. The second-order valence-electron chi connectivity index (χ2n) is 3.76. The van der Waals surface area contributed by atoms with Crippen LogP contribution in [0.2, 0.25) is 0 Å². The second kappa shape index (κ2) is 4.22. The highest BCUT2D eigenvalue weighted by atomic mass is 32.2. The summed E-state index contributed by atoms with van der Waals surface area (Å²) in [5.74, 6) is 0.0988. The number of rotatable bonds is 1. The fourth-order valence-corrected chi connectivity index (χ4v) is 2.70. The maximum Gasteiger partial charge on any atom is 0.241 e. The van der Waals surface area contributed by atoms with Gasteiger partial charge in [0, 0.05) is 18.1 Å². The molecule has 0 atom stereocenters. The molecule has 1 aromatic carbocycles. The molecule has 0 saturated carbocycles. The number of fused-ring (bicyclic) bond motifs is 1. The predicted octanol–water partition coefficient (Wildman–Crippen LogP) is 2.68.